The number of carbonyl (C=O) groups excluding carboxylic acids is 14. The quantitative estimate of drug-likeness (QED) is 0.0169. The van der Waals surface area contributed by atoms with Crippen molar-refractivity contribution < 1.29 is 87.5 Å². The van der Waals surface area contributed by atoms with Gasteiger partial charge in [-0.05, 0) is 93.2 Å². The average molecular weight is 1340 g/mol. The molecule has 1 fully saturated rings. The number of likely N-dealkylation sites (tertiary alicyclic amines) is 1. The van der Waals surface area contributed by atoms with Crippen LogP contribution in [0.4, 0.5) is 0 Å². The van der Waals surface area contributed by atoms with Gasteiger partial charge in [0.1, 0.15) is 78.0 Å². The SMILES string of the molecule is CC(=O)N[C@@H](CC(C)C)C(=O)N[C@@H](Cc1ccc(O)cc1)C(=O)N[C@@H](CCCNC(=N)N)C(=O)N[C@@H](C)C(=O)N[C@@H](CC(N)=O)C(=O)N[C@H](C(=O)N[C@@H](C)C(=O)N[C@@H](CO)C(=O)N1CCC[C@H]1C(=O)NCC(=O)N[C@@H](Cc1ccc(O)cc1)C(=O)N[C@@H](CO)C(N)=O)C(C)C. The Morgan fingerprint density at radius 3 is 1.49 bits per heavy atom. The Labute approximate surface area is 548 Å². The molecule has 0 saturated carbocycles. The number of phenols is 2. The second-order valence-corrected chi connectivity index (χ2v) is 23.6. The highest BCUT2D eigenvalue weighted by Crippen LogP contribution is 2.20. The fourth-order valence-electron chi connectivity index (χ4n) is 9.68. The number of aliphatic hydroxyl groups excluding tert-OH is 2. The van der Waals surface area contributed by atoms with E-state index in [2.05, 4.69) is 63.8 Å². The maximum atomic E-state index is 14.2. The molecule has 95 heavy (non-hydrogen) atoms. The minimum atomic E-state index is -1.78. The van der Waals surface area contributed by atoms with Crippen molar-refractivity contribution in [1.82, 2.24) is 68.7 Å². The second kappa shape index (κ2) is 38.7. The van der Waals surface area contributed by atoms with Crippen molar-refractivity contribution in [3.05, 3.63) is 59.7 Å². The molecular formula is C60H91N17O18. The van der Waals surface area contributed by atoms with Crippen LogP contribution in [0.1, 0.15) is 98.1 Å². The topological polar surface area (TPSA) is 569 Å². The van der Waals surface area contributed by atoms with E-state index >= 15 is 0 Å². The lowest BCUT2D eigenvalue weighted by Gasteiger charge is -2.29. The summed E-state index contributed by atoms with van der Waals surface area (Å²) in [6, 6.07) is -4.57. The molecule has 0 radical (unpaired) electrons. The fourth-order valence-corrected chi connectivity index (χ4v) is 9.68. The molecule has 0 spiro atoms. The Morgan fingerprint density at radius 2 is 1.01 bits per heavy atom. The Morgan fingerprint density at radius 1 is 0.547 bits per heavy atom. The van der Waals surface area contributed by atoms with Crippen LogP contribution < -0.4 is 81.0 Å². The molecule has 0 aromatic heterocycles. The van der Waals surface area contributed by atoms with Crippen LogP contribution in [0.2, 0.25) is 0 Å². The molecule has 524 valence electrons. The van der Waals surface area contributed by atoms with Crippen LogP contribution in [0, 0.1) is 17.2 Å². The maximum Gasteiger partial charge on any atom is 0.248 e. The minimum Gasteiger partial charge on any atom is -0.508 e. The Kier molecular flexibility index (Phi) is 32.2. The highest BCUT2D eigenvalue weighted by atomic mass is 16.3. The highest BCUT2D eigenvalue weighted by Gasteiger charge is 2.40. The van der Waals surface area contributed by atoms with Gasteiger partial charge in [0.25, 0.3) is 0 Å². The number of aliphatic hydroxyl groups is 2. The van der Waals surface area contributed by atoms with E-state index < -0.39 is 181 Å². The number of phenolic OH excluding ortho intramolecular Hbond substituents is 2. The summed E-state index contributed by atoms with van der Waals surface area (Å²) in [6.45, 7) is 7.77. The van der Waals surface area contributed by atoms with Crippen LogP contribution in [0.15, 0.2) is 48.5 Å². The van der Waals surface area contributed by atoms with E-state index in [0.29, 0.717) is 11.1 Å². The molecule has 35 nitrogen and oxygen atoms in total. The number of primary amides is 2. The predicted molar refractivity (Wildman–Crippen MR) is 338 cm³/mol. The third kappa shape index (κ3) is 27.1. The van der Waals surface area contributed by atoms with Gasteiger partial charge in [0.05, 0.1) is 26.2 Å². The predicted octanol–water partition coefficient (Wildman–Crippen LogP) is -6.79. The lowest BCUT2D eigenvalue weighted by atomic mass is 10.0. The molecule has 23 N–H and O–H groups in total. The first kappa shape index (κ1) is 79.0. The number of nitrogens with one attached hydrogen (secondary N) is 13. The summed E-state index contributed by atoms with van der Waals surface area (Å²) in [5.74, 6) is -14.3. The third-order valence-electron chi connectivity index (χ3n) is 14.7. The first-order chi connectivity index (χ1) is 44.6. The molecule has 11 atom stereocenters. The number of nitrogens with two attached hydrogens (primary N) is 3. The van der Waals surface area contributed by atoms with E-state index in [-0.39, 0.29) is 81.4 Å². The molecule has 1 saturated heterocycles. The number of benzene rings is 2. The molecule has 0 aliphatic carbocycles. The lowest BCUT2D eigenvalue weighted by Crippen LogP contribution is -2.61. The third-order valence-corrected chi connectivity index (χ3v) is 14.7. The largest absolute Gasteiger partial charge is 0.508 e. The number of rotatable bonds is 38. The van der Waals surface area contributed by atoms with Gasteiger partial charge in [-0.15, -0.1) is 0 Å². The number of hydrogen-bond acceptors (Lipinski definition) is 19. The molecule has 1 aliphatic rings. The van der Waals surface area contributed by atoms with Crippen molar-refractivity contribution in [3.8, 4) is 11.5 Å². The van der Waals surface area contributed by atoms with Crippen molar-refractivity contribution in [2.24, 2.45) is 29.0 Å². The van der Waals surface area contributed by atoms with Gasteiger partial charge < -0.3 is 106 Å². The number of carbonyl (C=O) groups is 14. The summed E-state index contributed by atoms with van der Waals surface area (Å²) in [4.78, 5) is 188. The zero-order chi connectivity index (χ0) is 71.4. The van der Waals surface area contributed by atoms with E-state index in [0.717, 1.165) is 4.90 Å². The summed E-state index contributed by atoms with van der Waals surface area (Å²) >= 11 is 0. The molecule has 14 amide bonds. The van der Waals surface area contributed by atoms with Gasteiger partial charge in [-0.25, -0.2) is 0 Å². The summed E-state index contributed by atoms with van der Waals surface area (Å²) in [7, 11) is 0. The molecule has 1 heterocycles. The molecular weight excluding hydrogens is 1250 g/mol. The average Bonchev–Trinajstić information content (AvgIpc) is 1.78. The molecule has 0 unspecified atom stereocenters. The molecule has 1 aliphatic heterocycles. The molecule has 35 heteroatoms. The van der Waals surface area contributed by atoms with Crippen molar-refractivity contribution in [2.45, 2.75) is 166 Å². The highest BCUT2D eigenvalue weighted by molar-refractivity contribution is 6.00. The van der Waals surface area contributed by atoms with Crippen LogP contribution in [0.5, 0.6) is 11.5 Å². The summed E-state index contributed by atoms with van der Waals surface area (Å²) in [5, 5.41) is 76.3. The van der Waals surface area contributed by atoms with Gasteiger partial charge in [0.15, 0.2) is 5.96 Å². The molecule has 2 aromatic carbocycles. The molecule has 0 bridgehead atoms. The lowest BCUT2D eigenvalue weighted by molar-refractivity contribution is -0.143. The second-order valence-electron chi connectivity index (χ2n) is 23.6. The van der Waals surface area contributed by atoms with Gasteiger partial charge in [0.2, 0.25) is 82.7 Å². The van der Waals surface area contributed by atoms with Gasteiger partial charge in [-0.3, -0.25) is 72.5 Å². The Balaban J connectivity index is 1.71. The zero-order valence-electron chi connectivity index (χ0n) is 54.0. The Hall–Kier alpha value is -10.2. The van der Waals surface area contributed by atoms with E-state index in [4.69, 9.17) is 22.6 Å². The van der Waals surface area contributed by atoms with E-state index in [1.807, 2.05) is 13.8 Å². The van der Waals surface area contributed by atoms with Crippen LogP contribution >= 0.6 is 0 Å². The maximum absolute atomic E-state index is 14.2. The normalized spacial score (nSPS) is 15.8. The van der Waals surface area contributed by atoms with Crippen molar-refractivity contribution in [2.75, 3.05) is 32.8 Å². The minimum absolute atomic E-state index is 0.0249. The first-order valence-corrected chi connectivity index (χ1v) is 30.6. The number of aromatic hydroxyl groups is 2. The van der Waals surface area contributed by atoms with Gasteiger partial charge >= 0.3 is 0 Å². The smallest absolute Gasteiger partial charge is 0.248 e. The standard InChI is InChI=1S/C60H91N17O18/c1-29(2)22-39(69-33(7)80)53(89)73-41(24-35-14-18-37(82)19-15-35)55(91)71-38(10-8-20-65-60(63)64)52(88)67-31(5)50(86)72-42(25-46(61)83)56(92)76-48(30(3)4)58(94)68-32(6)51(87)75-44(28-79)59(95)77-21-9-11-45(77)57(93)66-26-47(84)70-40(23-34-12-16-36(81)17-13-34)54(90)74-43(27-78)49(62)85/h12-19,29-32,38-45,48,78-79,81-82H,8-11,20-28H2,1-7H3,(H2,61,83)(H2,62,85)(H,66,93)(H,67,88)(H,68,94)(H,69,80)(H,70,84)(H,71,91)(H,72,86)(H,73,89)(H,74,90)(H,75,87)(H,76,92)(H4,63,64,65)/t31-,32-,38-,39-,40-,41-,42-,43-,44-,45-,48-/m0/s1. The molecule has 2 aromatic rings. The van der Waals surface area contributed by atoms with Crippen molar-refractivity contribution >= 4 is 88.7 Å². The molecule has 3 rings (SSSR count). The number of amides is 14. The van der Waals surface area contributed by atoms with Crippen molar-refractivity contribution in [3.63, 3.8) is 0 Å². The zero-order valence-corrected chi connectivity index (χ0v) is 54.0. The van der Waals surface area contributed by atoms with Gasteiger partial charge in [0, 0.05) is 32.9 Å². The van der Waals surface area contributed by atoms with E-state index in [9.17, 15) is 87.5 Å². The Bertz CT molecular complexity index is 3060. The van der Waals surface area contributed by atoms with E-state index in [1.165, 1.54) is 83.1 Å². The fraction of sp³-hybridized carbons (Fsp3) is 0.550. The van der Waals surface area contributed by atoms with Crippen LogP contribution in [0.3, 0.4) is 0 Å². The van der Waals surface area contributed by atoms with Crippen LogP contribution in [0.25, 0.3) is 0 Å². The summed E-state index contributed by atoms with van der Waals surface area (Å²) < 4.78 is 0. The van der Waals surface area contributed by atoms with E-state index in [1.54, 1.807) is 0 Å². The van der Waals surface area contributed by atoms with Gasteiger partial charge in [-0.2, -0.15) is 0 Å². The summed E-state index contributed by atoms with van der Waals surface area (Å²) in [6.07, 6.45) is -0.623. The number of guanidine groups is 1. The number of nitrogens with zero attached hydrogens (tertiary/aromatic N) is 1. The van der Waals surface area contributed by atoms with Crippen LogP contribution in [-0.2, 0) is 80.0 Å². The first-order valence-electron chi connectivity index (χ1n) is 30.6. The monoisotopic (exact) mass is 1340 g/mol. The summed E-state index contributed by atoms with van der Waals surface area (Å²) in [5.41, 5.74) is 17.1. The van der Waals surface area contributed by atoms with Crippen LogP contribution in [-0.4, -0.2) is 213 Å². The number of hydrogen-bond donors (Lipinski definition) is 20. The van der Waals surface area contributed by atoms with Gasteiger partial charge in [-0.1, -0.05) is 52.0 Å². The van der Waals surface area contributed by atoms with Crippen molar-refractivity contribution in [1.29, 1.82) is 5.41 Å².